The van der Waals surface area contributed by atoms with Gasteiger partial charge in [-0.15, -0.1) is 0 Å². The molecule has 2 atom stereocenters. The lowest BCUT2D eigenvalue weighted by Gasteiger charge is -2.39. The highest BCUT2D eigenvalue weighted by Crippen LogP contribution is 2.35. The summed E-state index contributed by atoms with van der Waals surface area (Å²) in [4.78, 5) is 1.66. The summed E-state index contributed by atoms with van der Waals surface area (Å²) >= 11 is 0. The van der Waals surface area contributed by atoms with Crippen molar-refractivity contribution in [2.24, 2.45) is 5.92 Å². The molecular formula is C13H24F3NO. The molecular weight excluding hydrogens is 243 g/mol. The van der Waals surface area contributed by atoms with Gasteiger partial charge in [-0.25, -0.2) is 0 Å². The Bertz CT molecular complexity index is 253. The smallest absolute Gasteiger partial charge is 0.381 e. The SMILES string of the molecule is C=C(C)N1CCC(OC)C(C(F)(F)F)C1.CCC. The van der Waals surface area contributed by atoms with E-state index in [1.807, 2.05) is 0 Å². The highest BCUT2D eigenvalue weighted by atomic mass is 19.4. The highest BCUT2D eigenvalue weighted by Gasteiger charge is 2.47. The Balaban J connectivity index is 0.000000873. The molecule has 1 heterocycles. The van der Waals surface area contributed by atoms with Crippen molar-refractivity contribution >= 4 is 0 Å². The van der Waals surface area contributed by atoms with Gasteiger partial charge >= 0.3 is 6.18 Å². The van der Waals surface area contributed by atoms with E-state index in [0.717, 1.165) is 0 Å². The van der Waals surface area contributed by atoms with Crippen molar-refractivity contribution in [3.05, 3.63) is 12.3 Å². The monoisotopic (exact) mass is 267 g/mol. The zero-order valence-electron chi connectivity index (χ0n) is 11.7. The van der Waals surface area contributed by atoms with Gasteiger partial charge in [0.15, 0.2) is 0 Å². The first kappa shape index (κ1) is 17.3. The maximum Gasteiger partial charge on any atom is 0.395 e. The molecule has 0 aromatic rings. The molecule has 2 unspecified atom stereocenters. The number of likely N-dealkylation sites (tertiary alicyclic amines) is 1. The Labute approximate surface area is 108 Å². The van der Waals surface area contributed by atoms with Gasteiger partial charge in [0, 0.05) is 25.9 Å². The molecule has 1 fully saturated rings. The molecule has 18 heavy (non-hydrogen) atoms. The van der Waals surface area contributed by atoms with Crippen LogP contribution >= 0.6 is 0 Å². The van der Waals surface area contributed by atoms with E-state index in [4.69, 9.17) is 4.74 Å². The minimum Gasteiger partial charge on any atom is -0.381 e. The van der Waals surface area contributed by atoms with E-state index in [-0.39, 0.29) is 6.54 Å². The molecule has 0 aromatic heterocycles. The van der Waals surface area contributed by atoms with Crippen molar-refractivity contribution in [3.8, 4) is 0 Å². The normalized spacial score (nSPS) is 24.3. The topological polar surface area (TPSA) is 12.5 Å². The first-order chi connectivity index (χ1) is 8.27. The van der Waals surface area contributed by atoms with Gasteiger partial charge in [-0.2, -0.15) is 13.2 Å². The first-order valence-corrected chi connectivity index (χ1v) is 6.27. The van der Waals surface area contributed by atoms with Gasteiger partial charge in [0.2, 0.25) is 0 Å². The van der Waals surface area contributed by atoms with Gasteiger partial charge in [-0.05, 0) is 13.3 Å². The number of nitrogens with zero attached hydrogens (tertiary/aromatic N) is 1. The van der Waals surface area contributed by atoms with Crippen molar-refractivity contribution in [1.29, 1.82) is 0 Å². The molecule has 1 aliphatic heterocycles. The zero-order chi connectivity index (χ0) is 14.3. The van der Waals surface area contributed by atoms with Crippen molar-refractivity contribution in [3.63, 3.8) is 0 Å². The molecule has 108 valence electrons. The van der Waals surface area contributed by atoms with Crippen molar-refractivity contribution in [1.82, 2.24) is 4.90 Å². The lowest BCUT2D eigenvalue weighted by molar-refractivity contribution is -0.215. The van der Waals surface area contributed by atoms with Crippen LogP contribution in [-0.4, -0.2) is 37.4 Å². The van der Waals surface area contributed by atoms with E-state index in [1.165, 1.54) is 13.5 Å². The first-order valence-electron chi connectivity index (χ1n) is 6.27. The van der Waals surface area contributed by atoms with Crippen LogP contribution in [0.25, 0.3) is 0 Å². The molecule has 2 nitrogen and oxygen atoms in total. The molecule has 0 N–H and O–H groups in total. The molecule has 5 heteroatoms. The van der Waals surface area contributed by atoms with Gasteiger partial charge in [0.25, 0.3) is 0 Å². The van der Waals surface area contributed by atoms with Crippen LogP contribution in [0.3, 0.4) is 0 Å². The van der Waals surface area contributed by atoms with Crippen LogP contribution in [0.5, 0.6) is 0 Å². The Morgan fingerprint density at radius 1 is 1.39 bits per heavy atom. The number of rotatable bonds is 2. The minimum absolute atomic E-state index is 0.0443. The van der Waals surface area contributed by atoms with Crippen molar-refractivity contribution in [2.45, 2.75) is 45.9 Å². The zero-order valence-corrected chi connectivity index (χ0v) is 11.7. The van der Waals surface area contributed by atoms with Crippen LogP contribution in [0.4, 0.5) is 13.2 Å². The summed E-state index contributed by atoms with van der Waals surface area (Å²) in [5.74, 6) is -1.41. The summed E-state index contributed by atoms with van der Waals surface area (Å²) in [5, 5.41) is 0. The number of ether oxygens (including phenoxy) is 1. The van der Waals surface area contributed by atoms with E-state index in [9.17, 15) is 13.2 Å². The van der Waals surface area contributed by atoms with E-state index in [0.29, 0.717) is 18.7 Å². The van der Waals surface area contributed by atoms with E-state index < -0.39 is 18.2 Å². The number of methoxy groups -OCH3 is 1. The summed E-state index contributed by atoms with van der Waals surface area (Å²) in [7, 11) is 1.33. The molecule has 0 spiro atoms. The molecule has 0 aliphatic carbocycles. The largest absolute Gasteiger partial charge is 0.395 e. The average molecular weight is 267 g/mol. The highest BCUT2D eigenvalue weighted by molar-refractivity contribution is 4.96. The summed E-state index contributed by atoms with van der Waals surface area (Å²) in [6.45, 7) is 10.2. The number of allylic oxidation sites excluding steroid dienone is 1. The maximum atomic E-state index is 12.7. The second-order valence-corrected chi connectivity index (χ2v) is 4.60. The summed E-state index contributed by atoms with van der Waals surface area (Å²) in [6, 6.07) is 0. The standard InChI is InChI=1S/C10H16F3NO.C3H8/c1-7(2)14-5-4-9(15-3)8(6-14)10(11,12)13;1-3-2/h8-9H,1,4-6H2,2-3H3;3H2,1-2H3. The maximum absolute atomic E-state index is 12.7. The Morgan fingerprint density at radius 2 is 1.89 bits per heavy atom. The van der Waals surface area contributed by atoms with Crippen LogP contribution in [0.15, 0.2) is 12.3 Å². The Morgan fingerprint density at radius 3 is 2.22 bits per heavy atom. The van der Waals surface area contributed by atoms with Gasteiger partial charge in [0.05, 0.1) is 12.0 Å². The number of halogens is 3. The number of hydrogen-bond acceptors (Lipinski definition) is 2. The fourth-order valence-corrected chi connectivity index (χ4v) is 1.87. The van der Waals surface area contributed by atoms with Gasteiger partial charge in [0.1, 0.15) is 0 Å². The quantitative estimate of drug-likeness (QED) is 0.754. The molecule has 1 aliphatic rings. The number of piperidine rings is 1. The Hall–Kier alpha value is -0.710. The molecule has 1 rings (SSSR count). The molecule has 0 radical (unpaired) electrons. The molecule has 1 saturated heterocycles. The third-order valence-electron chi connectivity index (χ3n) is 2.81. The van der Waals surface area contributed by atoms with Gasteiger partial charge in [-0.3, -0.25) is 0 Å². The fraction of sp³-hybridized carbons (Fsp3) is 0.846. The van der Waals surface area contributed by atoms with E-state index in [1.54, 1.807) is 11.8 Å². The Kier molecular flexibility index (Phi) is 7.36. The average Bonchev–Trinajstić information content (AvgIpc) is 2.28. The molecule has 0 saturated carbocycles. The third kappa shape index (κ3) is 5.29. The second-order valence-electron chi connectivity index (χ2n) is 4.60. The van der Waals surface area contributed by atoms with Crippen LogP contribution in [0.2, 0.25) is 0 Å². The van der Waals surface area contributed by atoms with Crippen LogP contribution in [0.1, 0.15) is 33.6 Å². The van der Waals surface area contributed by atoms with Crippen molar-refractivity contribution < 1.29 is 17.9 Å². The van der Waals surface area contributed by atoms with E-state index in [2.05, 4.69) is 20.4 Å². The molecule has 0 bridgehead atoms. The van der Waals surface area contributed by atoms with Crippen LogP contribution in [-0.2, 0) is 4.74 Å². The van der Waals surface area contributed by atoms with Gasteiger partial charge in [-0.1, -0.05) is 26.8 Å². The second kappa shape index (κ2) is 7.67. The van der Waals surface area contributed by atoms with Crippen molar-refractivity contribution in [2.75, 3.05) is 20.2 Å². The number of alkyl halides is 3. The third-order valence-corrected chi connectivity index (χ3v) is 2.81. The predicted molar refractivity (Wildman–Crippen MR) is 67.3 cm³/mol. The molecule has 0 aromatic carbocycles. The fourth-order valence-electron chi connectivity index (χ4n) is 1.87. The lowest BCUT2D eigenvalue weighted by atomic mass is 9.93. The molecule has 0 amide bonds. The number of hydrogen-bond donors (Lipinski definition) is 0. The predicted octanol–water partition coefficient (Wildman–Crippen LogP) is 3.84. The lowest BCUT2D eigenvalue weighted by Crippen LogP contribution is -2.49. The summed E-state index contributed by atoms with van der Waals surface area (Å²) in [5.41, 5.74) is 0.679. The van der Waals surface area contributed by atoms with Crippen LogP contribution in [0, 0.1) is 5.92 Å². The summed E-state index contributed by atoms with van der Waals surface area (Å²) in [6.07, 6.45) is -3.27. The van der Waals surface area contributed by atoms with E-state index >= 15 is 0 Å². The minimum atomic E-state index is -4.20. The van der Waals surface area contributed by atoms with Crippen LogP contribution < -0.4 is 0 Å². The van der Waals surface area contributed by atoms with Gasteiger partial charge < -0.3 is 9.64 Å². The summed E-state index contributed by atoms with van der Waals surface area (Å²) < 4.78 is 42.9.